The Labute approximate surface area is 85.5 Å². The van der Waals surface area contributed by atoms with Gasteiger partial charge >= 0.3 is 0 Å². The topological polar surface area (TPSA) is 50.2 Å². The molecular weight excluding hydrogens is 196 g/mol. The maximum Gasteiger partial charge on any atom is 0.150 e. The lowest BCUT2D eigenvalue weighted by molar-refractivity contribution is 1.15. The van der Waals surface area contributed by atoms with Crippen molar-refractivity contribution in [3.8, 4) is 0 Å². The van der Waals surface area contributed by atoms with Crippen molar-refractivity contribution in [3.63, 3.8) is 0 Å². The van der Waals surface area contributed by atoms with Crippen molar-refractivity contribution < 1.29 is 0 Å². The second-order valence-electron chi connectivity index (χ2n) is 2.56. The molecule has 0 spiro atoms. The average Bonchev–Trinajstić information content (AvgIpc) is 2.72. The van der Waals surface area contributed by atoms with E-state index in [-0.39, 0.29) is 0 Å². The summed E-state index contributed by atoms with van der Waals surface area (Å²) in [6, 6.07) is 9.87. The molecule has 0 fully saturated rings. The molecule has 5 heteroatoms. The van der Waals surface area contributed by atoms with Gasteiger partial charge in [-0.15, -0.1) is 5.10 Å². The van der Waals surface area contributed by atoms with Gasteiger partial charge in [-0.2, -0.15) is 5.10 Å². The molecule has 2 aromatic rings. The zero-order valence-electron chi connectivity index (χ0n) is 7.29. The highest BCUT2D eigenvalue weighted by Crippen LogP contribution is 2.08. The van der Waals surface area contributed by atoms with Gasteiger partial charge in [0.2, 0.25) is 0 Å². The molecule has 2 rings (SSSR count). The van der Waals surface area contributed by atoms with E-state index in [0.29, 0.717) is 0 Å². The first-order valence-corrected chi connectivity index (χ1v) is 4.84. The fraction of sp³-hybridized carbons (Fsp3) is 0. The van der Waals surface area contributed by atoms with Crippen LogP contribution in [0.3, 0.4) is 0 Å². The lowest BCUT2D eigenvalue weighted by atomic mass is 10.2. The number of nitrogens with one attached hydrogen (secondary N) is 1. The van der Waals surface area contributed by atoms with Crippen LogP contribution in [0.2, 0.25) is 0 Å². The van der Waals surface area contributed by atoms with Gasteiger partial charge in [0.05, 0.1) is 12.4 Å². The standard InChI is InChI=1S/C9H8N4S/c1-2-4-8(5-3-1)6-10-12-9-7-11-13-14-9/h1-7,12H. The summed E-state index contributed by atoms with van der Waals surface area (Å²) in [5, 5.41) is 8.55. The summed E-state index contributed by atoms with van der Waals surface area (Å²) in [7, 11) is 0. The molecule has 0 aliphatic rings. The molecule has 4 nitrogen and oxygen atoms in total. The smallest absolute Gasteiger partial charge is 0.150 e. The van der Waals surface area contributed by atoms with Gasteiger partial charge in [-0.1, -0.05) is 34.8 Å². The molecule has 0 saturated carbocycles. The Hall–Kier alpha value is -1.75. The van der Waals surface area contributed by atoms with Crippen LogP contribution in [0.5, 0.6) is 0 Å². The van der Waals surface area contributed by atoms with E-state index in [9.17, 15) is 0 Å². The molecule has 0 atom stereocenters. The van der Waals surface area contributed by atoms with E-state index in [1.165, 1.54) is 11.5 Å². The van der Waals surface area contributed by atoms with E-state index >= 15 is 0 Å². The van der Waals surface area contributed by atoms with E-state index < -0.39 is 0 Å². The molecule has 1 aromatic heterocycles. The van der Waals surface area contributed by atoms with E-state index in [1.807, 2.05) is 30.3 Å². The Bertz CT molecular complexity index is 396. The lowest BCUT2D eigenvalue weighted by Gasteiger charge is -1.92. The molecular formula is C9H8N4S. The van der Waals surface area contributed by atoms with Crippen molar-refractivity contribution >= 4 is 22.7 Å². The molecule has 70 valence electrons. The largest absolute Gasteiger partial charge is 0.266 e. The molecule has 1 aromatic carbocycles. The summed E-state index contributed by atoms with van der Waals surface area (Å²) in [4.78, 5) is 0. The minimum absolute atomic E-state index is 0.831. The first-order valence-electron chi connectivity index (χ1n) is 4.06. The number of aromatic nitrogens is 2. The Morgan fingerprint density at radius 1 is 1.29 bits per heavy atom. The van der Waals surface area contributed by atoms with Crippen molar-refractivity contribution in [1.29, 1.82) is 0 Å². The van der Waals surface area contributed by atoms with E-state index in [4.69, 9.17) is 0 Å². The van der Waals surface area contributed by atoms with Gasteiger partial charge in [-0.05, 0) is 5.56 Å². The van der Waals surface area contributed by atoms with Crippen LogP contribution < -0.4 is 5.43 Å². The normalized spacial score (nSPS) is 10.6. The Kier molecular flexibility index (Phi) is 2.82. The summed E-state index contributed by atoms with van der Waals surface area (Å²) in [5.74, 6) is 0. The average molecular weight is 204 g/mol. The molecule has 0 bridgehead atoms. The highest BCUT2D eigenvalue weighted by atomic mass is 32.1. The molecule has 0 saturated heterocycles. The monoisotopic (exact) mass is 204 g/mol. The summed E-state index contributed by atoms with van der Waals surface area (Å²) in [6.45, 7) is 0. The Morgan fingerprint density at radius 2 is 2.14 bits per heavy atom. The summed E-state index contributed by atoms with van der Waals surface area (Å²) >= 11 is 1.27. The SMILES string of the molecule is C(=NNc1cnns1)c1ccccc1. The highest BCUT2D eigenvalue weighted by molar-refractivity contribution is 7.09. The van der Waals surface area contributed by atoms with E-state index in [0.717, 1.165) is 10.6 Å². The van der Waals surface area contributed by atoms with Gasteiger partial charge < -0.3 is 0 Å². The van der Waals surface area contributed by atoms with Crippen LogP contribution in [-0.4, -0.2) is 15.8 Å². The number of hydrazone groups is 1. The third kappa shape index (κ3) is 2.37. The lowest BCUT2D eigenvalue weighted by Crippen LogP contribution is -1.87. The molecule has 0 aliphatic carbocycles. The fourth-order valence-corrected chi connectivity index (χ4v) is 1.30. The molecule has 0 radical (unpaired) electrons. The van der Waals surface area contributed by atoms with Crippen LogP contribution >= 0.6 is 11.5 Å². The predicted molar refractivity (Wildman–Crippen MR) is 57.6 cm³/mol. The number of nitrogens with zero attached hydrogens (tertiary/aromatic N) is 3. The summed E-state index contributed by atoms with van der Waals surface area (Å²) in [6.07, 6.45) is 3.38. The minimum atomic E-state index is 0.831. The molecule has 0 aliphatic heterocycles. The molecule has 14 heavy (non-hydrogen) atoms. The second kappa shape index (κ2) is 4.48. The molecule has 0 amide bonds. The molecule has 0 unspecified atom stereocenters. The number of anilines is 1. The van der Waals surface area contributed by atoms with Gasteiger partial charge in [-0.25, -0.2) is 0 Å². The zero-order valence-corrected chi connectivity index (χ0v) is 8.11. The van der Waals surface area contributed by atoms with Gasteiger partial charge in [0.15, 0.2) is 0 Å². The quantitative estimate of drug-likeness (QED) is 0.614. The van der Waals surface area contributed by atoms with Crippen LogP contribution in [0, 0.1) is 0 Å². The van der Waals surface area contributed by atoms with Crippen molar-refractivity contribution in [2.75, 3.05) is 5.43 Å². The fourth-order valence-electron chi connectivity index (χ4n) is 0.926. The third-order valence-corrected chi connectivity index (χ3v) is 2.12. The number of hydrogen-bond donors (Lipinski definition) is 1. The number of rotatable bonds is 3. The van der Waals surface area contributed by atoms with Crippen LogP contribution in [-0.2, 0) is 0 Å². The predicted octanol–water partition coefficient (Wildman–Crippen LogP) is 1.98. The maximum absolute atomic E-state index is 4.04. The van der Waals surface area contributed by atoms with Gasteiger partial charge in [0.25, 0.3) is 0 Å². The van der Waals surface area contributed by atoms with E-state index in [1.54, 1.807) is 12.4 Å². The third-order valence-electron chi connectivity index (χ3n) is 1.55. The van der Waals surface area contributed by atoms with Gasteiger partial charge in [0, 0.05) is 11.5 Å². The van der Waals surface area contributed by atoms with Crippen LogP contribution in [0.1, 0.15) is 5.56 Å². The number of hydrogen-bond acceptors (Lipinski definition) is 5. The van der Waals surface area contributed by atoms with Crippen LogP contribution in [0.25, 0.3) is 0 Å². The van der Waals surface area contributed by atoms with Crippen molar-refractivity contribution in [2.24, 2.45) is 5.10 Å². The minimum Gasteiger partial charge on any atom is -0.266 e. The van der Waals surface area contributed by atoms with Crippen molar-refractivity contribution in [2.45, 2.75) is 0 Å². The van der Waals surface area contributed by atoms with E-state index in [2.05, 4.69) is 20.1 Å². The van der Waals surface area contributed by atoms with Gasteiger partial charge in [0.1, 0.15) is 5.00 Å². The van der Waals surface area contributed by atoms with Gasteiger partial charge in [-0.3, -0.25) is 5.43 Å². The van der Waals surface area contributed by atoms with Crippen molar-refractivity contribution in [1.82, 2.24) is 9.59 Å². The highest BCUT2D eigenvalue weighted by Gasteiger charge is 1.89. The number of benzene rings is 1. The second-order valence-corrected chi connectivity index (χ2v) is 3.35. The Balaban J connectivity index is 1.96. The summed E-state index contributed by atoms with van der Waals surface area (Å²) < 4.78 is 3.70. The maximum atomic E-state index is 4.04. The van der Waals surface area contributed by atoms with Crippen LogP contribution in [0.4, 0.5) is 5.00 Å². The summed E-state index contributed by atoms with van der Waals surface area (Å²) in [5.41, 5.74) is 3.89. The Morgan fingerprint density at radius 3 is 2.86 bits per heavy atom. The molecule has 1 heterocycles. The first kappa shape index (κ1) is 8.83. The molecule has 1 N–H and O–H groups in total. The zero-order chi connectivity index (χ0) is 9.64. The van der Waals surface area contributed by atoms with Crippen LogP contribution in [0.15, 0.2) is 41.6 Å². The van der Waals surface area contributed by atoms with Crippen molar-refractivity contribution in [3.05, 3.63) is 42.1 Å². The first-order chi connectivity index (χ1) is 6.95.